The van der Waals surface area contributed by atoms with E-state index in [0.29, 0.717) is 0 Å². The van der Waals surface area contributed by atoms with Crippen LogP contribution in [0.2, 0.25) is 5.28 Å². The zero-order chi connectivity index (χ0) is 12.7. The topological polar surface area (TPSA) is 30.7 Å². The summed E-state index contributed by atoms with van der Waals surface area (Å²) in [7, 11) is 2.04. The second-order valence-corrected chi connectivity index (χ2v) is 4.72. The standard InChI is InChI=1S/C14H12ClN3/c1-9-3-4-10-11(8-18(2)13(10)7-9)12-5-6-16-14(15)17-12/h3-8H,1-2H3. The Hall–Kier alpha value is -1.87. The van der Waals surface area contributed by atoms with Gasteiger partial charge in [0, 0.05) is 35.9 Å². The molecule has 0 radical (unpaired) electrons. The first-order valence-electron chi connectivity index (χ1n) is 5.70. The minimum absolute atomic E-state index is 0.275. The molecule has 0 amide bonds. The summed E-state index contributed by atoms with van der Waals surface area (Å²) in [5.41, 5.74) is 4.37. The molecule has 2 heterocycles. The van der Waals surface area contributed by atoms with Gasteiger partial charge in [0.15, 0.2) is 0 Å². The van der Waals surface area contributed by atoms with E-state index in [1.54, 1.807) is 6.20 Å². The molecule has 4 heteroatoms. The molecule has 0 saturated heterocycles. The highest BCUT2D eigenvalue weighted by atomic mass is 35.5. The van der Waals surface area contributed by atoms with Gasteiger partial charge in [-0.25, -0.2) is 9.97 Å². The van der Waals surface area contributed by atoms with Gasteiger partial charge in [-0.05, 0) is 36.2 Å². The van der Waals surface area contributed by atoms with Gasteiger partial charge in [0.2, 0.25) is 5.28 Å². The van der Waals surface area contributed by atoms with E-state index in [1.165, 1.54) is 16.5 Å². The molecule has 0 fully saturated rings. The maximum atomic E-state index is 5.85. The number of halogens is 1. The van der Waals surface area contributed by atoms with Crippen LogP contribution < -0.4 is 0 Å². The molecule has 0 unspecified atom stereocenters. The van der Waals surface area contributed by atoms with Crippen LogP contribution in [0, 0.1) is 6.92 Å². The number of hydrogen-bond donors (Lipinski definition) is 0. The van der Waals surface area contributed by atoms with E-state index >= 15 is 0 Å². The lowest BCUT2D eigenvalue weighted by Gasteiger charge is -1.99. The van der Waals surface area contributed by atoms with Gasteiger partial charge < -0.3 is 4.57 Å². The van der Waals surface area contributed by atoms with Gasteiger partial charge in [0.05, 0.1) is 5.69 Å². The average molecular weight is 258 g/mol. The van der Waals surface area contributed by atoms with Crippen LogP contribution in [0.25, 0.3) is 22.2 Å². The molecular formula is C14H12ClN3. The predicted molar refractivity (Wildman–Crippen MR) is 73.7 cm³/mol. The maximum absolute atomic E-state index is 5.85. The lowest BCUT2D eigenvalue weighted by atomic mass is 10.1. The smallest absolute Gasteiger partial charge is 0.222 e. The fourth-order valence-electron chi connectivity index (χ4n) is 2.18. The number of rotatable bonds is 1. The number of fused-ring (bicyclic) bond motifs is 1. The summed E-state index contributed by atoms with van der Waals surface area (Å²) in [5.74, 6) is 0. The van der Waals surface area contributed by atoms with E-state index in [4.69, 9.17) is 11.6 Å². The van der Waals surface area contributed by atoms with Crippen molar-refractivity contribution in [2.45, 2.75) is 6.92 Å². The van der Waals surface area contributed by atoms with E-state index in [1.807, 2.05) is 13.1 Å². The Morgan fingerprint density at radius 3 is 2.83 bits per heavy atom. The van der Waals surface area contributed by atoms with E-state index in [2.05, 4.69) is 45.9 Å². The quantitative estimate of drug-likeness (QED) is 0.624. The highest BCUT2D eigenvalue weighted by Crippen LogP contribution is 2.29. The average Bonchev–Trinajstić information content (AvgIpc) is 2.67. The molecule has 2 aromatic heterocycles. The minimum Gasteiger partial charge on any atom is -0.350 e. The zero-order valence-corrected chi connectivity index (χ0v) is 10.9. The monoisotopic (exact) mass is 257 g/mol. The van der Waals surface area contributed by atoms with Crippen molar-refractivity contribution in [2.75, 3.05) is 0 Å². The Balaban J connectivity index is 2.30. The molecule has 3 aromatic rings. The summed E-state index contributed by atoms with van der Waals surface area (Å²) in [5, 5.41) is 1.45. The van der Waals surface area contributed by atoms with Crippen LogP contribution in [0.1, 0.15) is 5.56 Å². The molecule has 0 aliphatic heterocycles. The molecule has 0 aliphatic carbocycles. The van der Waals surface area contributed by atoms with Gasteiger partial charge in [-0.3, -0.25) is 0 Å². The van der Waals surface area contributed by atoms with Gasteiger partial charge in [0.1, 0.15) is 0 Å². The fourth-order valence-corrected chi connectivity index (χ4v) is 2.33. The van der Waals surface area contributed by atoms with Crippen molar-refractivity contribution < 1.29 is 0 Å². The third kappa shape index (κ3) is 1.77. The Labute approximate surface area is 110 Å². The number of benzene rings is 1. The predicted octanol–water partition coefficient (Wildman–Crippen LogP) is 3.60. The minimum atomic E-state index is 0.275. The van der Waals surface area contributed by atoms with Crippen LogP contribution in [-0.2, 0) is 7.05 Å². The summed E-state index contributed by atoms with van der Waals surface area (Å²) in [6, 6.07) is 8.27. The maximum Gasteiger partial charge on any atom is 0.222 e. The SMILES string of the molecule is Cc1ccc2c(-c3ccnc(Cl)n3)cn(C)c2c1. The second-order valence-electron chi connectivity index (χ2n) is 4.39. The lowest BCUT2D eigenvalue weighted by molar-refractivity contribution is 0.968. The molecule has 90 valence electrons. The zero-order valence-electron chi connectivity index (χ0n) is 10.2. The van der Waals surface area contributed by atoms with Crippen molar-refractivity contribution in [1.29, 1.82) is 0 Å². The molecule has 0 atom stereocenters. The van der Waals surface area contributed by atoms with E-state index in [0.717, 1.165) is 11.3 Å². The second kappa shape index (κ2) is 4.10. The molecule has 0 aliphatic rings. The van der Waals surface area contributed by atoms with Gasteiger partial charge in [-0.2, -0.15) is 0 Å². The summed E-state index contributed by atoms with van der Waals surface area (Å²) in [6.45, 7) is 2.09. The Morgan fingerprint density at radius 2 is 2.06 bits per heavy atom. The third-order valence-corrected chi connectivity index (χ3v) is 3.23. The van der Waals surface area contributed by atoms with Crippen LogP contribution in [0.5, 0.6) is 0 Å². The Morgan fingerprint density at radius 1 is 1.22 bits per heavy atom. The van der Waals surface area contributed by atoms with Crippen LogP contribution in [0.4, 0.5) is 0 Å². The number of nitrogens with zero attached hydrogens (tertiary/aromatic N) is 3. The molecule has 0 saturated carbocycles. The number of hydrogen-bond acceptors (Lipinski definition) is 2. The van der Waals surface area contributed by atoms with Crippen molar-refractivity contribution in [3.8, 4) is 11.3 Å². The fraction of sp³-hybridized carbons (Fsp3) is 0.143. The van der Waals surface area contributed by atoms with Crippen molar-refractivity contribution in [3.63, 3.8) is 0 Å². The molecule has 18 heavy (non-hydrogen) atoms. The molecule has 1 aromatic carbocycles. The van der Waals surface area contributed by atoms with Crippen molar-refractivity contribution in [3.05, 3.63) is 47.5 Å². The normalized spacial score (nSPS) is 11.1. The van der Waals surface area contributed by atoms with Crippen molar-refractivity contribution in [2.24, 2.45) is 7.05 Å². The van der Waals surface area contributed by atoms with Gasteiger partial charge in [-0.1, -0.05) is 12.1 Å². The van der Waals surface area contributed by atoms with Crippen LogP contribution in [0.3, 0.4) is 0 Å². The molecule has 3 nitrogen and oxygen atoms in total. The van der Waals surface area contributed by atoms with Crippen molar-refractivity contribution in [1.82, 2.24) is 14.5 Å². The van der Waals surface area contributed by atoms with E-state index in [9.17, 15) is 0 Å². The van der Waals surface area contributed by atoms with Crippen LogP contribution in [-0.4, -0.2) is 14.5 Å². The molecule has 0 N–H and O–H groups in total. The highest BCUT2D eigenvalue weighted by Gasteiger charge is 2.10. The highest BCUT2D eigenvalue weighted by molar-refractivity contribution is 6.28. The molecule has 0 spiro atoms. The summed E-state index contributed by atoms with van der Waals surface area (Å²) in [4.78, 5) is 8.18. The third-order valence-electron chi connectivity index (χ3n) is 3.05. The van der Waals surface area contributed by atoms with Gasteiger partial charge in [0.25, 0.3) is 0 Å². The first kappa shape index (κ1) is 11.2. The van der Waals surface area contributed by atoms with E-state index < -0.39 is 0 Å². The Kier molecular flexibility index (Phi) is 2.56. The number of aryl methyl sites for hydroxylation is 2. The molecule has 0 bridgehead atoms. The first-order chi connectivity index (χ1) is 8.65. The van der Waals surface area contributed by atoms with E-state index in [-0.39, 0.29) is 5.28 Å². The van der Waals surface area contributed by atoms with Gasteiger partial charge >= 0.3 is 0 Å². The molecule has 3 rings (SSSR count). The lowest BCUT2D eigenvalue weighted by Crippen LogP contribution is -1.85. The van der Waals surface area contributed by atoms with Crippen molar-refractivity contribution >= 4 is 22.5 Å². The van der Waals surface area contributed by atoms with Crippen LogP contribution in [0.15, 0.2) is 36.7 Å². The van der Waals surface area contributed by atoms with Crippen LogP contribution >= 0.6 is 11.6 Å². The number of aromatic nitrogens is 3. The summed E-state index contributed by atoms with van der Waals surface area (Å²) < 4.78 is 2.10. The first-order valence-corrected chi connectivity index (χ1v) is 6.07. The Bertz CT molecular complexity index is 731. The molecular weight excluding hydrogens is 246 g/mol. The largest absolute Gasteiger partial charge is 0.350 e. The summed E-state index contributed by atoms with van der Waals surface area (Å²) in [6.07, 6.45) is 3.75. The summed E-state index contributed by atoms with van der Waals surface area (Å²) >= 11 is 5.85. The van der Waals surface area contributed by atoms with Gasteiger partial charge in [-0.15, -0.1) is 0 Å².